The van der Waals surface area contributed by atoms with E-state index in [-0.39, 0.29) is 5.54 Å². The van der Waals surface area contributed by atoms with Crippen molar-refractivity contribution in [2.75, 3.05) is 0 Å². The normalized spacial score (nSPS) is 18.1. The molecule has 1 saturated carbocycles. The quantitative estimate of drug-likeness (QED) is 0.899. The van der Waals surface area contributed by atoms with E-state index in [0.717, 1.165) is 25.7 Å². The molecule has 0 bridgehead atoms. The first-order valence-corrected chi connectivity index (χ1v) is 6.42. The highest BCUT2D eigenvalue weighted by molar-refractivity contribution is 5.19. The van der Waals surface area contributed by atoms with Gasteiger partial charge in [0.15, 0.2) is 5.82 Å². The molecule has 0 saturated heterocycles. The Bertz CT molecular complexity index is 515. The Hall–Kier alpha value is -1.68. The summed E-state index contributed by atoms with van der Waals surface area (Å²) in [6.07, 6.45) is 4.88. The van der Waals surface area contributed by atoms with Crippen LogP contribution in [0.3, 0.4) is 0 Å². The van der Waals surface area contributed by atoms with Crippen LogP contribution in [0, 0.1) is 0 Å². The second kappa shape index (κ2) is 4.53. The van der Waals surface area contributed by atoms with Crippen molar-refractivity contribution in [3.05, 3.63) is 47.6 Å². The predicted octanol–water partition coefficient (Wildman–Crippen LogP) is 2.39. The average molecular weight is 243 g/mol. The van der Waals surface area contributed by atoms with Crippen LogP contribution in [-0.4, -0.2) is 10.1 Å². The number of hydrogen-bond acceptors (Lipinski definition) is 4. The molecule has 1 aliphatic rings. The van der Waals surface area contributed by atoms with Gasteiger partial charge in [-0.2, -0.15) is 4.98 Å². The minimum Gasteiger partial charge on any atom is -0.337 e. The number of nitrogens with zero attached hydrogens (tertiary/aromatic N) is 2. The van der Waals surface area contributed by atoms with E-state index in [2.05, 4.69) is 22.3 Å². The lowest BCUT2D eigenvalue weighted by molar-refractivity contribution is 0.284. The Balaban J connectivity index is 1.78. The molecule has 1 heterocycles. The van der Waals surface area contributed by atoms with E-state index < -0.39 is 0 Å². The van der Waals surface area contributed by atoms with Gasteiger partial charge in [-0.1, -0.05) is 48.3 Å². The fraction of sp³-hybridized carbons (Fsp3) is 0.429. The van der Waals surface area contributed by atoms with Crippen molar-refractivity contribution in [1.82, 2.24) is 10.1 Å². The van der Waals surface area contributed by atoms with Gasteiger partial charge in [0.1, 0.15) is 0 Å². The van der Waals surface area contributed by atoms with Gasteiger partial charge in [0, 0.05) is 6.42 Å². The molecule has 2 aromatic rings. The lowest BCUT2D eigenvalue weighted by Crippen LogP contribution is -2.33. The average Bonchev–Trinajstić information content (AvgIpc) is 3.01. The van der Waals surface area contributed by atoms with E-state index in [0.29, 0.717) is 18.1 Å². The van der Waals surface area contributed by atoms with E-state index in [4.69, 9.17) is 10.3 Å². The third-order valence-electron chi connectivity index (χ3n) is 3.59. The Morgan fingerprint density at radius 1 is 1.17 bits per heavy atom. The third kappa shape index (κ3) is 2.16. The molecule has 0 spiro atoms. The van der Waals surface area contributed by atoms with Crippen molar-refractivity contribution < 1.29 is 4.52 Å². The highest BCUT2D eigenvalue weighted by Gasteiger charge is 2.36. The van der Waals surface area contributed by atoms with Crippen LogP contribution in [-0.2, 0) is 12.0 Å². The van der Waals surface area contributed by atoms with Crippen LogP contribution < -0.4 is 5.73 Å². The number of aromatic nitrogens is 2. The van der Waals surface area contributed by atoms with Crippen LogP contribution in [0.15, 0.2) is 34.9 Å². The van der Waals surface area contributed by atoms with Gasteiger partial charge in [-0.3, -0.25) is 0 Å². The molecule has 0 amide bonds. The predicted molar refractivity (Wildman–Crippen MR) is 67.9 cm³/mol. The Morgan fingerprint density at radius 3 is 2.61 bits per heavy atom. The van der Waals surface area contributed by atoms with E-state index in [1.807, 2.05) is 18.2 Å². The van der Waals surface area contributed by atoms with Gasteiger partial charge in [-0.25, -0.2) is 0 Å². The standard InChI is InChI=1S/C14H17N3O/c15-14(8-4-5-9-14)13-16-12(17-18-13)10-11-6-2-1-3-7-11/h1-3,6-7H,4-5,8-10,15H2. The summed E-state index contributed by atoms with van der Waals surface area (Å²) in [5, 5.41) is 4.04. The molecular formula is C14H17N3O. The van der Waals surface area contributed by atoms with Gasteiger partial charge < -0.3 is 10.3 Å². The van der Waals surface area contributed by atoms with E-state index in [1.54, 1.807) is 0 Å². The topological polar surface area (TPSA) is 64.9 Å². The minimum atomic E-state index is -0.387. The molecule has 0 atom stereocenters. The van der Waals surface area contributed by atoms with Crippen LogP contribution in [0.5, 0.6) is 0 Å². The maximum absolute atomic E-state index is 6.29. The summed E-state index contributed by atoms with van der Waals surface area (Å²) in [5.41, 5.74) is 7.09. The molecule has 18 heavy (non-hydrogen) atoms. The van der Waals surface area contributed by atoms with Crippen LogP contribution >= 0.6 is 0 Å². The molecule has 94 valence electrons. The first kappa shape index (κ1) is 11.4. The van der Waals surface area contributed by atoms with Gasteiger partial charge in [-0.15, -0.1) is 0 Å². The van der Waals surface area contributed by atoms with Crippen LogP contribution in [0.4, 0.5) is 0 Å². The molecule has 0 unspecified atom stereocenters. The van der Waals surface area contributed by atoms with Crippen molar-refractivity contribution in [2.45, 2.75) is 37.6 Å². The van der Waals surface area contributed by atoms with E-state index in [9.17, 15) is 0 Å². The summed E-state index contributed by atoms with van der Waals surface area (Å²) in [6, 6.07) is 10.1. The smallest absolute Gasteiger partial charge is 0.246 e. The summed E-state index contributed by atoms with van der Waals surface area (Å²) in [4.78, 5) is 4.46. The fourth-order valence-electron chi connectivity index (χ4n) is 2.53. The van der Waals surface area contributed by atoms with E-state index >= 15 is 0 Å². The summed E-state index contributed by atoms with van der Waals surface area (Å²) >= 11 is 0. The van der Waals surface area contributed by atoms with Gasteiger partial charge in [0.05, 0.1) is 5.54 Å². The molecular weight excluding hydrogens is 226 g/mol. The zero-order chi connectivity index (χ0) is 12.4. The summed E-state index contributed by atoms with van der Waals surface area (Å²) in [5.74, 6) is 1.32. The molecule has 1 fully saturated rings. The molecule has 4 heteroatoms. The van der Waals surface area contributed by atoms with Crippen molar-refractivity contribution in [3.8, 4) is 0 Å². The summed E-state index contributed by atoms with van der Waals surface area (Å²) < 4.78 is 5.34. The van der Waals surface area contributed by atoms with E-state index in [1.165, 1.54) is 5.56 Å². The largest absolute Gasteiger partial charge is 0.337 e. The van der Waals surface area contributed by atoms with Gasteiger partial charge in [-0.05, 0) is 18.4 Å². The lowest BCUT2D eigenvalue weighted by atomic mass is 9.99. The number of hydrogen-bond donors (Lipinski definition) is 1. The zero-order valence-corrected chi connectivity index (χ0v) is 10.3. The number of nitrogens with two attached hydrogens (primary N) is 1. The second-order valence-electron chi connectivity index (χ2n) is 5.04. The minimum absolute atomic E-state index is 0.387. The highest BCUT2D eigenvalue weighted by atomic mass is 16.5. The van der Waals surface area contributed by atoms with Crippen LogP contribution in [0.1, 0.15) is 43.0 Å². The molecule has 4 nitrogen and oxygen atoms in total. The summed E-state index contributed by atoms with van der Waals surface area (Å²) in [7, 11) is 0. The molecule has 0 aliphatic heterocycles. The lowest BCUT2D eigenvalue weighted by Gasteiger charge is -2.17. The van der Waals surface area contributed by atoms with Gasteiger partial charge in [0.25, 0.3) is 0 Å². The Morgan fingerprint density at radius 2 is 1.89 bits per heavy atom. The van der Waals surface area contributed by atoms with Crippen molar-refractivity contribution >= 4 is 0 Å². The second-order valence-corrected chi connectivity index (χ2v) is 5.04. The molecule has 1 aliphatic carbocycles. The third-order valence-corrected chi connectivity index (χ3v) is 3.59. The maximum Gasteiger partial charge on any atom is 0.246 e. The van der Waals surface area contributed by atoms with Gasteiger partial charge >= 0.3 is 0 Å². The molecule has 2 N–H and O–H groups in total. The van der Waals surface area contributed by atoms with Crippen molar-refractivity contribution in [1.29, 1.82) is 0 Å². The monoisotopic (exact) mass is 243 g/mol. The summed E-state index contributed by atoms with van der Waals surface area (Å²) in [6.45, 7) is 0. The Kier molecular flexibility index (Phi) is 2.88. The number of benzene rings is 1. The Labute approximate surface area is 106 Å². The fourth-order valence-corrected chi connectivity index (χ4v) is 2.53. The zero-order valence-electron chi connectivity index (χ0n) is 10.3. The molecule has 1 aromatic carbocycles. The SMILES string of the molecule is NC1(c2nc(Cc3ccccc3)no2)CCCC1. The first-order valence-electron chi connectivity index (χ1n) is 6.42. The molecule has 3 rings (SSSR count). The van der Waals surface area contributed by atoms with Crippen LogP contribution in [0.2, 0.25) is 0 Å². The van der Waals surface area contributed by atoms with Crippen molar-refractivity contribution in [2.24, 2.45) is 5.73 Å². The van der Waals surface area contributed by atoms with Gasteiger partial charge in [0.2, 0.25) is 5.89 Å². The first-order chi connectivity index (χ1) is 8.76. The highest BCUT2D eigenvalue weighted by Crippen LogP contribution is 2.35. The maximum atomic E-state index is 6.29. The van der Waals surface area contributed by atoms with Crippen molar-refractivity contribution in [3.63, 3.8) is 0 Å². The van der Waals surface area contributed by atoms with Crippen LogP contribution in [0.25, 0.3) is 0 Å². The molecule has 0 radical (unpaired) electrons. The number of rotatable bonds is 3. The molecule has 1 aromatic heterocycles.